The van der Waals surface area contributed by atoms with E-state index in [2.05, 4.69) is 17.4 Å². The number of hydrogen-bond donors (Lipinski definition) is 1. The molecule has 0 radical (unpaired) electrons. The van der Waals surface area contributed by atoms with Crippen LogP contribution in [0.25, 0.3) is 0 Å². The summed E-state index contributed by atoms with van der Waals surface area (Å²) in [5, 5.41) is 3.20. The van der Waals surface area contributed by atoms with Gasteiger partial charge in [0.25, 0.3) is 5.91 Å². The van der Waals surface area contributed by atoms with Crippen LogP contribution < -0.4 is 24.3 Å². The monoisotopic (exact) mass is 447 g/mol. The van der Waals surface area contributed by atoms with E-state index in [0.717, 1.165) is 30.6 Å². The van der Waals surface area contributed by atoms with Crippen LogP contribution >= 0.6 is 0 Å². The molecule has 6 heteroatoms. The minimum Gasteiger partial charge on any atom is -0.497 e. The first-order chi connectivity index (χ1) is 16.2. The summed E-state index contributed by atoms with van der Waals surface area (Å²) in [6.07, 6.45) is 2.38. The molecule has 3 aromatic rings. The number of ether oxygens (including phenoxy) is 4. The fourth-order valence-electron chi connectivity index (χ4n) is 3.90. The number of nitrogens with one attached hydrogen (secondary N) is 1. The van der Waals surface area contributed by atoms with Gasteiger partial charge in [0.05, 0.1) is 39.0 Å². The van der Waals surface area contributed by atoms with E-state index >= 15 is 0 Å². The van der Waals surface area contributed by atoms with Gasteiger partial charge in [0.2, 0.25) is 0 Å². The van der Waals surface area contributed by atoms with Crippen molar-refractivity contribution in [3.05, 3.63) is 83.4 Å². The SMILES string of the molecule is COc1ccc(OC)c(C(=O)NC(CCc2ccccc2)c2ccc3c(c2)OCCCO3)c1. The molecule has 1 atom stereocenters. The summed E-state index contributed by atoms with van der Waals surface area (Å²) in [4.78, 5) is 13.3. The summed E-state index contributed by atoms with van der Waals surface area (Å²) in [5.41, 5.74) is 2.60. The van der Waals surface area contributed by atoms with E-state index in [4.69, 9.17) is 18.9 Å². The minimum absolute atomic E-state index is 0.226. The normalized spacial score (nSPS) is 13.5. The van der Waals surface area contributed by atoms with Crippen molar-refractivity contribution in [2.24, 2.45) is 0 Å². The topological polar surface area (TPSA) is 66.0 Å². The van der Waals surface area contributed by atoms with Crippen molar-refractivity contribution in [1.29, 1.82) is 0 Å². The second kappa shape index (κ2) is 10.8. The zero-order valence-electron chi connectivity index (χ0n) is 19.0. The first-order valence-corrected chi connectivity index (χ1v) is 11.1. The van der Waals surface area contributed by atoms with Crippen LogP contribution in [0.5, 0.6) is 23.0 Å². The number of amides is 1. The molecule has 1 N–H and O–H groups in total. The standard InChI is InChI=1S/C27H29NO5/c1-30-21-11-14-24(31-2)22(18-21)27(29)28-23(12-9-19-7-4-3-5-8-19)20-10-13-25-26(17-20)33-16-6-15-32-25/h3-5,7-8,10-11,13-14,17-18,23H,6,9,12,15-16H2,1-2H3,(H,28,29). The highest BCUT2D eigenvalue weighted by molar-refractivity contribution is 5.97. The van der Waals surface area contributed by atoms with Crippen molar-refractivity contribution in [2.75, 3.05) is 27.4 Å². The van der Waals surface area contributed by atoms with Crippen LogP contribution in [0, 0.1) is 0 Å². The summed E-state index contributed by atoms with van der Waals surface area (Å²) < 4.78 is 22.4. The van der Waals surface area contributed by atoms with E-state index in [9.17, 15) is 4.79 Å². The molecule has 1 aliphatic rings. The van der Waals surface area contributed by atoms with Crippen LogP contribution in [0.1, 0.15) is 40.4 Å². The van der Waals surface area contributed by atoms with Crippen molar-refractivity contribution in [3.63, 3.8) is 0 Å². The van der Waals surface area contributed by atoms with Crippen molar-refractivity contribution < 1.29 is 23.7 Å². The van der Waals surface area contributed by atoms with E-state index in [-0.39, 0.29) is 11.9 Å². The molecule has 0 saturated heterocycles. The van der Waals surface area contributed by atoms with Crippen molar-refractivity contribution in [2.45, 2.75) is 25.3 Å². The van der Waals surface area contributed by atoms with Crippen LogP contribution in [0.2, 0.25) is 0 Å². The summed E-state index contributed by atoms with van der Waals surface area (Å²) in [6, 6.07) is 21.1. The minimum atomic E-state index is -0.231. The molecule has 0 saturated carbocycles. The predicted molar refractivity (Wildman–Crippen MR) is 127 cm³/mol. The summed E-state index contributed by atoms with van der Waals surface area (Å²) >= 11 is 0. The Morgan fingerprint density at radius 3 is 2.48 bits per heavy atom. The van der Waals surface area contributed by atoms with Crippen LogP contribution in [0.4, 0.5) is 0 Å². The maximum atomic E-state index is 13.3. The number of rotatable bonds is 8. The van der Waals surface area contributed by atoms with Gasteiger partial charge in [-0.3, -0.25) is 4.79 Å². The van der Waals surface area contributed by atoms with Gasteiger partial charge < -0.3 is 24.3 Å². The number of hydrogen-bond acceptors (Lipinski definition) is 5. The summed E-state index contributed by atoms with van der Waals surface area (Å²) in [7, 11) is 3.12. The lowest BCUT2D eigenvalue weighted by atomic mass is 9.98. The lowest BCUT2D eigenvalue weighted by Gasteiger charge is -2.21. The molecule has 0 fully saturated rings. The third-order valence-corrected chi connectivity index (χ3v) is 5.70. The number of carbonyl (C=O) groups is 1. The Morgan fingerprint density at radius 2 is 1.73 bits per heavy atom. The lowest BCUT2D eigenvalue weighted by Crippen LogP contribution is -2.29. The molecule has 1 heterocycles. The zero-order valence-corrected chi connectivity index (χ0v) is 19.0. The number of benzene rings is 3. The number of fused-ring (bicyclic) bond motifs is 1. The van der Waals surface area contributed by atoms with Crippen molar-refractivity contribution in [1.82, 2.24) is 5.32 Å². The molecule has 3 aromatic carbocycles. The molecule has 6 nitrogen and oxygen atoms in total. The van der Waals surface area contributed by atoms with Crippen LogP contribution in [0.15, 0.2) is 66.7 Å². The van der Waals surface area contributed by atoms with E-state index in [1.807, 2.05) is 36.4 Å². The first-order valence-electron chi connectivity index (χ1n) is 11.1. The second-order valence-corrected chi connectivity index (χ2v) is 7.87. The van der Waals surface area contributed by atoms with E-state index in [1.54, 1.807) is 32.4 Å². The largest absolute Gasteiger partial charge is 0.497 e. The molecule has 4 rings (SSSR count). The van der Waals surface area contributed by atoms with Crippen LogP contribution in [-0.4, -0.2) is 33.3 Å². The van der Waals surface area contributed by atoms with Gasteiger partial charge in [-0.2, -0.15) is 0 Å². The van der Waals surface area contributed by atoms with Gasteiger partial charge in [0.15, 0.2) is 11.5 Å². The maximum absolute atomic E-state index is 13.3. The molecule has 0 aliphatic carbocycles. The molecule has 0 bridgehead atoms. The van der Waals surface area contributed by atoms with E-state index in [0.29, 0.717) is 36.0 Å². The molecule has 1 amide bonds. The Balaban J connectivity index is 1.61. The Bertz CT molecular complexity index is 1080. The second-order valence-electron chi connectivity index (χ2n) is 7.87. The Labute approximate surface area is 194 Å². The average molecular weight is 448 g/mol. The summed E-state index contributed by atoms with van der Waals surface area (Å²) in [5.74, 6) is 2.31. The molecule has 1 unspecified atom stereocenters. The average Bonchev–Trinajstić information content (AvgIpc) is 3.11. The zero-order chi connectivity index (χ0) is 23.0. The van der Waals surface area contributed by atoms with Crippen LogP contribution in [0.3, 0.4) is 0 Å². The quantitative estimate of drug-likeness (QED) is 0.528. The molecule has 1 aliphatic heterocycles. The van der Waals surface area contributed by atoms with E-state index < -0.39 is 0 Å². The predicted octanol–water partition coefficient (Wildman–Crippen LogP) is 4.97. The van der Waals surface area contributed by atoms with Crippen molar-refractivity contribution >= 4 is 5.91 Å². The molecule has 0 aromatic heterocycles. The molecule has 0 spiro atoms. The fourth-order valence-corrected chi connectivity index (χ4v) is 3.90. The van der Waals surface area contributed by atoms with Gasteiger partial charge in [-0.1, -0.05) is 36.4 Å². The van der Waals surface area contributed by atoms with Gasteiger partial charge in [-0.25, -0.2) is 0 Å². The fraction of sp³-hybridized carbons (Fsp3) is 0.296. The smallest absolute Gasteiger partial charge is 0.255 e. The van der Waals surface area contributed by atoms with Crippen LogP contribution in [-0.2, 0) is 6.42 Å². The highest BCUT2D eigenvalue weighted by Crippen LogP contribution is 2.34. The third-order valence-electron chi connectivity index (χ3n) is 5.70. The highest BCUT2D eigenvalue weighted by atomic mass is 16.5. The highest BCUT2D eigenvalue weighted by Gasteiger charge is 2.21. The summed E-state index contributed by atoms with van der Waals surface area (Å²) in [6.45, 7) is 1.24. The van der Waals surface area contributed by atoms with Crippen molar-refractivity contribution in [3.8, 4) is 23.0 Å². The van der Waals surface area contributed by atoms with Gasteiger partial charge in [-0.05, 0) is 54.3 Å². The molecule has 33 heavy (non-hydrogen) atoms. The Kier molecular flexibility index (Phi) is 7.35. The lowest BCUT2D eigenvalue weighted by molar-refractivity contribution is 0.0931. The first kappa shape index (κ1) is 22.5. The van der Waals surface area contributed by atoms with E-state index in [1.165, 1.54) is 5.56 Å². The number of methoxy groups -OCH3 is 2. The number of aryl methyl sites for hydroxylation is 1. The maximum Gasteiger partial charge on any atom is 0.255 e. The Morgan fingerprint density at radius 1 is 0.939 bits per heavy atom. The molecule has 172 valence electrons. The molecular formula is C27H29NO5. The van der Waals surface area contributed by atoms with Gasteiger partial charge >= 0.3 is 0 Å². The molecular weight excluding hydrogens is 418 g/mol. The van der Waals surface area contributed by atoms with Gasteiger partial charge in [-0.15, -0.1) is 0 Å². The van der Waals surface area contributed by atoms with Gasteiger partial charge in [0, 0.05) is 6.42 Å². The Hall–Kier alpha value is -3.67. The number of carbonyl (C=O) groups excluding carboxylic acids is 1. The third kappa shape index (κ3) is 5.58. The van der Waals surface area contributed by atoms with Gasteiger partial charge in [0.1, 0.15) is 11.5 Å².